The summed E-state index contributed by atoms with van der Waals surface area (Å²) in [4.78, 5) is 8.13. The molecule has 12 rings (SSSR count). The maximum atomic E-state index is 2.83. The molecule has 0 N–H and O–H groups in total. The summed E-state index contributed by atoms with van der Waals surface area (Å²) in [7, 11) is 0. The van der Waals surface area contributed by atoms with Gasteiger partial charge in [-0.2, -0.15) is 0 Å². The van der Waals surface area contributed by atoms with Crippen LogP contribution in [0.1, 0.15) is 112 Å². The molecule has 0 spiro atoms. The zero-order chi connectivity index (χ0) is 49.2. The smallest absolute Gasteiger partial charge is 0.252 e. The van der Waals surface area contributed by atoms with Crippen molar-refractivity contribution in [3.05, 3.63) is 199 Å². The molecule has 2 unspecified atom stereocenters. The third kappa shape index (κ3) is 6.76. The Balaban J connectivity index is 1.23. The summed E-state index contributed by atoms with van der Waals surface area (Å²) in [5.74, 6) is 0. The first-order valence-electron chi connectivity index (χ1n) is 26.3. The maximum Gasteiger partial charge on any atom is 0.252 e. The lowest BCUT2D eigenvalue weighted by Crippen LogP contribution is -2.67. The molecule has 3 nitrogen and oxygen atoms in total. The predicted molar refractivity (Wildman–Crippen MR) is 305 cm³/mol. The van der Waals surface area contributed by atoms with Crippen LogP contribution in [0.4, 0.5) is 45.5 Å². The molecular weight excluding hydrogens is 858 g/mol. The van der Waals surface area contributed by atoms with E-state index < -0.39 is 0 Å². The Hall–Kier alpha value is -6.78. The summed E-state index contributed by atoms with van der Waals surface area (Å²) in [6, 6.07) is 69.9. The van der Waals surface area contributed by atoms with Gasteiger partial charge in [0.1, 0.15) is 0 Å². The lowest BCUT2D eigenvalue weighted by Gasteiger charge is -2.66. The average molecular weight is 926 g/mol. The summed E-state index contributed by atoms with van der Waals surface area (Å²) in [6.07, 6.45) is 4.76. The Bertz CT molecular complexity index is 3200. The number of anilines is 8. The van der Waals surface area contributed by atoms with Crippen molar-refractivity contribution in [2.24, 2.45) is 5.41 Å². The molecular formula is C67H68BN3. The molecule has 1 aliphatic carbocycles. The fourth-order valence-electron chi connectivity index (χ4n) is 13.6. The van der Waals surface area contributed by atoms with Crippen LogP contribution in [0.2, 0.25) is 0 Å². The molecule has 0 bridgehead atoms. The molecule has 4 heteroatoms. The molecule has 354 valence electrons. The van der Waals surface area contributed by atoms with Crippen LogP contribution in [0.5, 0.6) is 0 Å². The number of benzene rings is 8. The zero-order valence-electron chi connectivity index (χ0n) is 43.6. The number of fused-ring (bicyclic) bond motifs is 6. The third-order valence-corrected chi connectivity index (χ3v) is 18.0. The normalized spacial score (nSPS) is 19.9. The minimum atomic E-state index is -0.175. The van der Waals surface area contributed by atoms with Gasteiger partial charge in [-0.05, 0) is 135 Å². The van der Waals surface area contributed by atoms with Crippen LogP contribution in [-0.2, 0) is 16.2 Å². The first-order valence-corrected chi connectivity index (χ1v) is 26.3. The second-order valence-corrected chi connectivity index (χ2v) is 24.1. The highest BCUT2D eigenvalue weighted by Crippen LogP contribution is 2.66. The highest BCUT2D eigenvalue weighted by atomic mass is 15.3. The fourth-order valence-corrected chi connectivity index (χ4v) is 13.6. The maximum absolute atomic E-state index is 2.83. The second-order valence-electron chi connectivity index (χ2n) is 24.1. The predicted octanol–water partition coefficient (Wildman–Crippen LogP) is 16.5. The van der Waals surface area contributed by atoms with Gasteiger partial charge in [0.2, 0.25) is 0 Å². The molecule has 0 saturated heterocycles. The first-order chi connectivity index (χ1) is 34.0. The van der Waals surface area contributed by atoms with Gasteiger partial charge in [0.05, 0.1) is 11.4 Å². The fraction of sp³-hybridized carbons (Fsp3) is 0.284. The van der Waals surface area contributed by atoms with E-state index in [0.29, 0.717) is 0 Å². The minimum absolute atomic E-state index is 0.0000980. The molecule has 1 saturated carbocycles. The van der Waals surface area contributed by atoms with E-state index in [2.05, 4.69) is 266 Å². The highest BCUT2D eigenvalue weighted by Gasteiger charge is 2.62. The Labute approximate surface area is 424 Å². The summed E-state index contributed by atoms with van der Waals surface area (Å²) in [5, 5.41) is 0. The van der Waals surface area contributed by atoms with E-state index in [4.69, 9.17) is 0 Å². The van der Waals surface area contributed by atoms with Crippen LogP contribution in [0.25, 0.3) is 22.3 Å². The van der Waals surface area contributed by atoms with Crippen molar-refractivity contribution in [2.45, 2.75) is 117 Å². The van der Waals surface area contributed by atoms with Crippen molar-refractivity contribution in [3.63, 3.8) is 0 Å². The van der Waals surface area contributed by atoms with Crippen LogP contribution in [0, 0.1) is 5.41 Å². The van der Waals surface area contributed by atoms with E-state index in [1.807, 2.05) is 0 Å². The molecule has 8 aromatic carbocycles. The van der Waals surface area contributed by atoms with E-state index in [1.165, 1.54) is 120 Å². The Morgan fingerprint density at radius 1 is 0.423 bits per heavy atom. The molecule has 3 aliphatic heterocycles. The van der Waals surface area contributed by atoms with Crippen LogP contribution in [0.15, 0.2) is 182 Å². The topological polar surface area (TPSA) is 9.72 Å². The summed E-state index contributed by atoms with van der Waals surface area (Å²) in [6.45, 7) is 24.3. The zero-order valence-corrected chi connectivity index (χ0v) is 43.6. The van der Waals surface area contributed by atoms with Crippen LogP contribution >= 0.6 is 0 Å². The monoisotopic (exact) mass is 926 g/mol. The van der Waals surface area contributed by atoms with Crippen molar-refractivity contribution in [3.8, 4) is 22.3 Å². The number of para-hydroxylation sites is 3. The second kappa shape index (κ2) is 16.1. The standard InChI is InChI=1S/C67H68BN3/c1-63(2,3)47-35-37-55(50(41-47)45-25-13-11-14-26-45)69-58-33-21-18-30-53(58)68-54-31-19-22-34-59(54)70(56-38-36-48(64(4,5)6)42-51(56)46-27-15-12-16-28-46)61-44-49(43-60(69)62(61)68)71-57-32-20-17-29-52(57)65(7,8)66(9)39-23-24-40-67(66,71)10/h11-22,25-38,41-44H,23-24,39-40H2,1-10H3. The molecule has 0 amide bonds. The van der Waals surface area contributed by atoms with Crippen molar-refractivity contribution >= 4 is 68.6 Å². The quantitative estimate of drug-likeness (QED) is 0.159. The van der Waals surface area contributed by atoms with Crippen molar-refractivity contribution < 1.29 is 0 Å². The summed E-state index contributed by atoms with van der Waals surface area (Å²) < 4.78 is 0. The first kappa shape index (κ1) is 45.4. The largest absolute Gasteiger partial charge is 0.335 e. The van der Waals surface area contributed by atoms with E-state index in [9.17, 15) is 0 Å². The molecule has 8 aromatic rings. The number of nitrogens with zero attached hydrogens (tertiary/aromatic N) is 3. The van der Waals surface area contributed by atoms with Gasteiger partial charge in [-0.3, -0.25) is 0 Å². The molecule has 0 aromatic heterocycles. The SMILES string of the molecule is CC(C)(C)c1ccc(N2c3ccccc3B3c4ccccc4N(c4ccc(C(C)(C)C)cc4-c4ccccc4)c4cc(N5c6ccccc6C(C)(C)C6(C)CCCCC56C)cc2c43)c(-c2ccccc2)c1. The van der Waals surface area contributed by atoms with E-state index in [0.717, 1.165) is 6.42 Å². The van der Waals surface area contributed by atoms with Crippen LogP contribution in [-0.4, -0.2) is 12.3 Å². The van der Waals surface area contributed by atoms with E-state index in [1.54, 1.807) is 0 Å². The Kier molecular flexibility index (Phi) is 10.3. The lowest BCUT2D eigenvalue weighted by molar-refractivity contribution is 0.0106. The highest BCUT2D eigenvalue weighted by molar-refractivity contribution is 7.00. The van der Waals surface area contributed by atoms with Gasteiger partial charge in [0.25, 0.3) is 6.71 Å². The van der Waals surface area contributed by atoms with Crippen molar-refractivity contribution in [1.29, 1.82) is 0 Å². The number of hydrogen-bond donors (Lipinski definition) is 0. The van der Waals surface area contributed by atoms with Crippen LogP contribution in [0.3, 0.4) is 0 Å². The van der Waals surface area contributed by atoms with Gasteiger partial charge in [0.15, 0.2) is 0 Å². The van der Waals surface area contributed by atoms with Gasteiger partial charge in [-0.25, -0.2) is 0 Å². The van der Waals surface area contributed by atoms with Crippen LogP contribution < -0.4 is 31.1 Å². The Morgan fingerprint density at radius 2 is 0.859 bits per heavy atom. The molecule has 1 fully saturated rings. The minimum Gasteiger partial charge on any atom is -0.335 e. The van der Waals surface area contributed by atoms with Gasteiger partial charge in [-0.1, -0.05) is 203 Å². The van der Waals surface area contributed by atoms with E-state index in [-0.39, 0.29) is 33.9 Å². The molecule has 71 heavy (non-hydrogen) atoms. The average Bonchev–Trinajstić information content (AvgIpc) is 3.37. The Morgan fingerprint density at radius 3 is 1.35 bits per heavy atom. The molecule has 0 radical (unpaired) electrons. The third-order valence-electron chi connectivity index (χ3n) is 18.0. The van der Waals surface area contributed by atoms with Crippen molar-refractivity contribution in [2.75, 3.05) is 14.7 Å². The summed E-state index contributed by atoms with van der Waals surface area (Å²) >= 11 is 0. The van der Waals surface area contributed by atoms with Gasteiger partial charge in [0, 0.05) is 56.2 Å². The van der Waals surface area contributed by atoms with Gasteiger partial charge < -0.3 is 14.7 Å². The lowest BCUT2D eigenvalue weighted by atomic mass is 9.33. The summed E-state index contributed by atoms with van der Waals surface area (Å²) in [5.41, 5.74) is 22.5. The van der Waals surface area contributed by atoms with Gasteiger partial charge >= 0.3 is 0 Å². The van der Waals surface area contributed by atoms with Gasteiger partial charge in [-0.15, -0.1) is 0 Å². The number of rotatable bonds is 5. The molecule has 2 atom stereocenters. The number of hydrogen-bond acceptors (Lipinski definition) is 3. The molecule has 3 heterocycles. The van der Waals surface area contributed by atoms with Crippen molar-refractivity contribution in [1.82, 2.24) is 0 Å². The van der Waals surface area contributed by atoms with E-state index >= 15 is 0 Å². The molecule has 4 aliphatic rings.